The topological polar surface area (TPSA) is 136 Å². The molecule has 0 aromatic heterocycles. The van der Waals surface area contributed by atoms with Crippen molar-refractivity contribution in [2.75, 3.05) is 11.8 Å². The van der Waals surface area contributed by atoms with Crippen LogP contribution >= 0.6 is 0 Å². The van der Waals surface area contributed by atoms with E-state index in [4.69, 9.17) is 4.74 Å². The average molecular weight is 375 g/mol. The number of nitrogens with one attached hydrogen (secondary N) is 1. The van der Waals surface area contributed by atoms with E-state index in [1.54, 1.807) is 0 Å². The lowest BCUT2D eigenvalue weighted by Gasteiger charge is -2.14. The van der Waals surface area contributed by atoms with Crippen LogP contribution in [-0.2, 0) is 14.8 Å². The van der Waals surface area contributed by atoms with Gasteiger partial charge in [0.1, 0.15) is 5.75 Å². The highest BCUT2D eigenvalue weighted by molar-refractivity contribution is 7.92. The number of ether oxygens (including phenoxy) is 1. The molecule has 0 atom stereocenters. The summed E-state index contributed by atoms with van der Waals surface area (Å²) < 4.78 is 32.3. The summed E-state index contributed by atoms with van der Waals surface area (Å²) in [6, 6.07) is 9.14. The maximum Gasteiger partial charge on any atom is 0.261 e. The Bertz CT molecular complexity index is 980. The monoisotopic (exact) mass is 375 g/mol. The smallest absolute Gasteiger partial charge is 0.261 e. The Kier molecular flexibility index (Phi) is 5.63. The summed E-state index contributed by atoms with van der Waals surface area (Å²) in [5.41, 5.74) is -0.287. The minimum Gasteiger partial charge on any atom is -0.545 e. The van der Waals surface area contributed by atoms with E-state index in [9.17, 15) is 28.2 Å². The van der Waals surface area contributed by atoms with E-state index in [0.29, 0.717) is 0 Å². The van der Waals surface area contributed by atoms with Crippen LogP contribution < -0.4 is 19.7 Å². The van der Waals surface area contributed by atoms with Crippen molar-refractivity contribution in [3.63, 3.8) is 0 Å². The third kappa shape index (κ3) is 4.39. The van der Waals surface area contributed by atoms with E-state index in [1.807, 2.05) is 0 Å². The van der Waals surface area contributed by atoms with Gasteiger partial charge in [0.25, 0.3) is 10.0 Å². The van der Waals surface area contributed by atoms with Crippen LogP contribution in [0.1, 0.15) is 15.9 Å². The Labute approximate surface area is 149 Å². The first-order chi connectivity index (χ1) is 12.2. The number of carboxylic acids is 2. The van der Waals surface area contributed by atoms with E-state index < -0.39 is 22.0 Å². The van der Waals surface area contributed by atoms with Crippen LogP contribution in [0.15, 0.2) is 53.4 Å². The first-order valence-electron chi connectivity index (χ1n) is 7.15. The highest BCUT2D eigenvalue weighted by Gasteiger charge is 2.18. The summed E-state index contributed by atoms with van der Waals surface area (Å²) in [6.07, 6.45) is 1.86. The molecule has 0 amide bonds. The van der Waals surface area contributed by atoms with Crippen molar-refractivity contribution in [2.24, 2.45) is 0 Å². The zero-order chi connectivity index (χ0) is 19.3. The van der Waals surface area contributed by atoms with Gasteiger partial charge in [-0.3, -0.25) is 4.72 Å². The van der Waals surface area contributed by atoms with Gasteiger partial charge < -0.3 is 24.5 Å². The number of rotatable bonds is 7. The highest BCUT2D eigenvalue weighted by atomic mass is 32.2. The first kappa shape index (κ1) is 19.0. The predicted molar refractivity (Wildman–Crippen MR) is 88.6 cm³/mol. The van der Waals surface area contributed by atoms with Gasteiger partial charge in [-0.2, -0.15) is 0 Å². The number of methoxy groups -OCH3 is 1. The molecule has 0 bridgehead atoms. The molecule has 136 valence electrons. The van der Waals surface area contributed by atoms with Crippen LogP contribution in [0.2, 0.25) is 0 Å². The number of aromatic carboxylic acids is 1. The molecule has 2 rings (SSSR count). The lowest BCUT2D eigenvalue weighted by molar-refractivity contribution is -0.297. The molecule has 0 aliphatic rings. The van der Waals surface area contributed by atoms with Crippen LogP contribution in [0.3, 0.4) is 0 Å². The van der Waals surface area contributed by atoms with Gasteiger partial charge >= 0.3 is 0 Å². The molecule has 2 aromatic rings. The van der Waals surface area contributed by atoms with E-state index in [-0.39, 0.29) is 27.5 Å². The van der Waals surface area contributed by atoms with Crippen molar-refractivity contribution in [2.45, 2.75) is 4.90 Å². The van der Waals surface area contributed by atoms with Crippen molar-refractivity contribution in [1.82, 2.24) is 0 Å². The summed E-state index contributed by atoms with van der Waals surface area (Å²) >= 11 is 0. The van der Waals surface area contributed by atoms with Crippen molar-refractivity contribution >= 4 is 33.7 Å². The number of aliphatic carboxylic acids is 1. The SMILES string of the molecule is COc1ccc(S(=O)(=O)Nc2ccccc2C(=O)[O-])cc1/C=C/C(=O)[O-]. The Morgan fingerprint density at radius 1 is 1.12 bits per heavy atom. The maximum atomic E-state index is 12.5. The lowest BCUT2D eigenvalue weighted by Crippen LogP contribution is -2.24. The number of anilines is 1. The fourth-order valence-corrected chi connectivity index (χ4v) is 3.24. The molecule has 26 heavy (non-hydrogen) atoms. The summed E-state index contributed by atoms with van der Waals surface area (Å²) in [4.78, 5) is 21.4. The molecule has 0 heterocycles. The lowest BCUT2D eigenvalue weighted by atomic mass is 10.2. The minimum absolute atomic E-state index is 0.157. The van der Waals surface area contributed by atoms with Crippen LogP contribution in [0.4, 0.5) is 5.69 Å². The zero-order valence-corrected chi connectivity index (χ0v) is 14.3. The summed E-state index contributed by atoms with van der Waals surface area (Å²) in [5, 5.41) is 21.7. The molecule has 0 fully saturated rings. The van der Waals surface area contributed by atoms with Gasteiger partial charge in [0.05, 0.1) is 29.6 Å². The number of sulfonamides is 1. The maximum absolute atomic E-state index is 12.5. The fraction of sp³-hybridized carbons (Fsp3) is 0.0588. The molecular weight excluding hydrogens is 362 g/mol. The second kappa shape index (κ2) is 7.70. The minimum atomic E-state index is -4.15. The Morgan fingerprint density at radius 3 is 2.42 bits per heavy atom. The summed E-state index contributed by atoms with van der Waals surface area (Å²) in [5.74, 6) is -2.74. The number of carbonyl (C=O) groups is 2. The van der Waals surface area contributed by atoms with E-state index >= 15 is 0 Å². The van der Waals surface area contributed by atoms with E-state index in [2.05, 4.69) is 4.72 Å². The quantitative estimate of drug-likeness (QED) is 0.652. The molecular formula is C17H13NO7S-2. The largest absolute Gasteiger partial charge is 0.545 e. The zero-order valence-electron chi connectivity index (χ0n) is 13.5. The third-order valence-corrected chi connectivity index (χ3v) is 4.66. The number of carbonyl (C=O) groups excluding carboxylic acids is 2. The number of carboxylic acid groups (broad SMARTS) is 2. The van der Waals surface area contributed by atoms with Gasteiger partial charge in [-0.25, -0.2) is 8.42 Å². The average Bonchev–Trinajstić information content (AvgIpc) is 2.59. The number of hydrogen-bond donors (Lipinski definition) is 1. The molecule has 0 saturated heterocycles. The van der Waals surface area contributed by atoms with Gasteiger partial charge in [0.15, 0.2) is 0 Å². The van der Waals surface area contributed by atoms with E-state index in [0.717, 1.165) is 12.2 Å². The van der Waals surface area contributed by atoms with Crippen LogP contribution in [0.25, 0.3) is 6.08 Å². The second-order valence-corrected chi connectivity index (χ2v) is 6.68. The van der Waals surface area contributed by atoms with Crippen molar-refractivity contribution in [1.29, 1.82) is 0 Å². The van der Waals surface area contributed by atoms with Gasteiger partial charge in [-0.05, 0) is 36.4 Å². The molecule has 2 aromatic carbocycles. The standard InChI is InChI=1S/C17H15NO7S/c1-25-15-8-7-12(10-11(15)6-9-16(19)20)26(23,24)18-14-5-3-2-4-13(14)17(21)22/h2-10,18H,1H3,(H,19,20)(H,21,22)/p-2/b9-6+. The van der Waals surface area contributed by atoms with Crippen LogP contribution in [-0.4, -0.2) is 27.5 Å². The predicted octanol–water partition coefficient (Wildman–Crippen LogP) is -0.377. The van der Waals surface area contributed by atoms with Gasteiger partial charge in [0.2, 0.25) is 0 Å². The third-order valence-electron chi connectivity index (χ3n) is 3.30. The molecule has 0 unspecified atom stereocenters. The first-order valence-corrected chi connectivity index (χ1v) is 8.63. The van der Waals surface area contributed by atoms with Crippen molar-refractivity contribution in [3.05, 3.63) is 59.7 Å². The van der Waals surface area contributed by atoms with E-state index in [1.165, 1.54) is 49.6 Å². The number of benzene rings is 2. The molecule has 1 N–H and O–H groups in total. The second-order valence-electron chi connectivity index (χ2n) is 4.99. The summed E-state index contributed by atoms with van der Waals surface area (Å²) in [7, 11) is -2.81. The molecule has 0 spiro atoms. The molecule has 0 radical (unpaired) electrons. The Hall–Kier alpha value is -3.33. The molecule has 0 aliphatic heterocycles. The highest BCUT2D eigenvalue weighted by Crippen LogP contribution is 2.26. The van der Waals surface area contributed by atoms with Crippen molar-refractivity contribution in [3.8, 4) is 5.75 Å². The van der Waals surface area contributed by atoms with Crippen LogP contribution in [0.5, 0.6) is 5.75 Å². The molecule has 0 aliphatic carbocycles. The van der Waals surface area contributed by atoms with Crippen LogP contribution in [0, 0.1) is 0 Å². The molecule has 9 heteroatoms. The fourth-order valence-electron chi connectivity index (χ4n) is 2.12. The normalized spacial score (nSPS) is 11.3. The van der Waals surface area contributed by atoms with Gasteiger partial charge in [-0.15, -0.1) is 0 Å². The Morgan fingerprint density at radius 2 is 1.81 bits per heavy atom. The van der Waals surface area contributed by atoms with Gasteiger partial charge in [-0.1, -0.05) is 18.2 Å². The number of hydrogen-bond acceptors (Lipinski definition) is 7. The summed E-state index contributed by atoms with van der Waals surface area (Å²) in [6.45, 7) is 0. The van der Waals surface area contributed by atoms with Crippen molar-refractivity contribution < 1.29 is 33.0 Å². The van der Waals surface area contributed by atoms with Gasteiger partial charge in [0, 0.05) is 11.1 Å². The Balaban J connectivity index is 2.45. The molecule has 0 saturated carbocycles. The molecule has 8 nitrogen and oxygen atoms in total. The number of para-hydroxylation sites is 1.